The van der Waals surface area contributed by atoms with Crippen molar-refractivity contribution in [3.05, 3.63) is 0 Å². The molecule has 3 N–H and O–H groups in total. The molecule has 1 aliphatic carbocycles. The molecular weight excluding hydrogens is 196 g/mol. The van der Waals surface area contributed by atoms with Gasteiger partial charge in [0.05, 0.1) is 0 Å². The Morgan fingerprint density at radius 1 is 1.64 bits per heavy atom. The molecule has 14 heavy (non-hydrogen) atoms. The molecule has 0 bridgehead atoms. The van der Waals surface area contributed by atoms with Gasteiger partial charge in [-0.2, -0.15) is 11.8 Å². The van der Waals surface area contributed by atoms with E-state index in [-0.39, 0.29) is 11.8 Å². The molecule has 0 heterocycles. The van der Waals surface area contributed by atoms with Crippen LogP contribution in [0.4, 0.5) is 0 Å². The highest BCUT2D eigenvalue weighted by Gasteiger charge is 2.26. The summed E-state index contributed by atoms with van der Waals surface area (Å²) in [6.07, 6.45) is 5.60. The van der Waals surface area contributed by atoms with Gasteiger partial charge in [-0.25, -0.2) is 0 Å². The van der Waals surface area contributed by atoms with E-state index < -0.39 is 0 Å². The number of hydrogen-bond acceptors (Lipinski definition) is 3. The molecule has 3 nitrogen and oxygen atoms in total. The molecule has 1 saturated carbocycles. The second kappa shape index (κ2) is 5.61. The number of rotatable bonds is 4. The summed E-state index contributed by atoms with van der Waals surface area (Å²) in [5.74, 6) is 0.0579. The van der Waals surface area contributed by atoms with Crippen molar-refractivity contribution in [3.63, 3.8) is 0 Å². The maximum atomic E-state index is 11.5. The van der Waals surface area contributed by atoms with Crippen LogP contribution >= 0.6 is 11.8 Å². The fourth-order valence-corrected chi connectivity index (χ4v) is 2.53. The lowest BCUT2D eigenvalue weighted by atomic mass is 10.1. The molecule has 0 radical (unpaired) electrons. The van der Waals surface area contributed by atoms with Gasteiger partial charge < -0.3 is 11.1 Å². The number of nitrogens with two attached hydrogens (primary N) is 1. The fraction of sp³-hybridized carbons (Fsp3) is 0.900. The highest BCUT2D eigenvalue weighted by atomic mass is 32.2. The van der Waals surface area contributed by atoms with Crippen LogP contribution in [0.25, 0.3) is 0 Å². The minimum atomic E-state index is -0.0525. The smallest absolute Gasteiger partial charge is 0.224 e. The number of amides is 1. The average Bonchev–Trinajstić information content (AvgIpc) is 2.64. The molecule has 3 atom stereocenters. The second-order valence-electron chi connectivity index (χ2n) is 4.01. The third kappa shape index (κ3) is 3.17. The third-order valence-corrected chi connectivity index (χ3v) is 3.96. The number of nitrogens with one attached hydrogen (secondary N) is 1. The van der Waals surface area contributed by atoms with Gasteiger partial charge in [0.1, 0.15) is 0 Å². The normalized spacial score (nSPS) is 28.8. The molecule has 0 spiro atoms. The Kier molecular flexibility index (Phi) is 4.75. The predicted molar refractivity (Wildman–Crippen MR) is 61.3 cm³/mol. The lowest BCUT2D eigenvalue weighted by molar-refractivity contribution is -0.124. The lowest BCUT2D eigenvalue weighted by Crippen LogP contribution is -2.39. The number of hydrogen-bond donors (Lipinski definition) is 2. The summed E-state index contributed by atoms with van der Waals surface area (Å²) >= 11 is 1.90. The summed E-state index contributed by atoms with van der Waals surface area (Å²) in [6.45, 7) is 2.31. The largest absolute Gasteiger partial charge is 0.353 e. The van der Waals surface area contributed by atoms with Crippen molar-refractivity contribution in [2.24, 2.45) is 11.7 Å². The van der Waals surface area contributed by atoms with E-state index in [9.17, 15) is 4.79 Å². The first-order valence-corrected chi connectivity index (χ1v) is 6.49. The number of carbonyl (C=O) groups is 1. The Hall–Kier alpha value is -0.220. The highest BCUT2D eigenvalue weighted by molar-refractivity contribution is 7.99. The summed E-state index contributed by atoms with van der Waals surface area (Å²) in [7, 11) is 0. The third-order valence-electron chi connectivity index (χ3n) is 2.87. The van der Waals surface area contributed by atoms with Gasteiger partial charge in [-0.1, -0.05) is 6.92 Å². The van der Waals surface area contributed by atoms with Gasteiger partial charge in [0.15, 0.2) is 0 Å². The average molecular weight is 216 g/mol. The molecular formula is C10H20N2OS. The van der Waals surface area contributed by atoms with Gasteiger partial charge >= 0.3 is 0 Å². The van der Waals surface area contributed by atoms with Gasteiger partial charge in [0, 0.05) is 23.8 Å². The van der Waals surface area contributed by atoms with Crippen molar-refractivity contribution in [3.8, 4) is 0 Å². The van der Waals surface area contributed by atoms with E-state index in [0.29, 0.717) is 12.6 Å². The van der Waals surface area contributed by atoms with Crippen LogP contribution in [0.2, 0.25) is 0 Å². The molecule has 3 unspecified atom stereocenters. The zero-order valence-electron chi connectivity index (χ0n) is 8.95. The van der Waals surface area contributed by atoms with Crippen molar-refractivity contribution >= 4 is 17.7 Å². The van der Waals surface area contributed by atoms with Crippen LogP contribution < -0.4 is 11.1 Å². The molecule has 4 heteroatoms. The summed E-state index contributed by atoms with van der Waals surface area (Å²) in [5, 5.41) is 3.79. The first kappa shape index (κ1) is 11.9. The topological polar surface area (TPSA) is 55.1 Å². The van der Waals surface area contributed by atoms with E-state index in [0.717, 1.165) is 18.1 Å². The summed E-state index contributed by atoms with van der Waals surface area (Å²) in [6, 6.07) is 0.383. The SMILES string of the molecule is CSC1CCC(NC(=O)C(C)CN)C1. The Balaban J connectivity index is 2.28. The molecule has 1 fully saturated rings. The summed E-state index contributed by atoms with van der Waals surface area (Å²) < 4.78 is 0. The number of thioether (sulfide) groups is 1. The molecule has 1 rings (SSSR count). The molecule has 0 aromatic heterocycles. The Morgan fingerprint density at radius 3 is 2.86 bits per heavy atom. The summed E-state index contributed by atoms with van der Waals surface area (Å²) in [5.41, 5.74) is 5.44. The van der Waals surface area contributed by atoms with Crippen LogP contribution in [0, 0.1) is 5.92 Å². The monoisotopic (exact) mass is 216 g/mol. The molecule has 0 aromatic carbocycles. The van der Waals surface area contributed by atoms with Crippen LogP contribution in [0.1, 0.15) is 26.2 Å². The van der Waals surface area contributed by atoms with E-state index >= 15 is 0 Å². The molecule has 0 saturated heterocycles. The van der Waals surface area contributed by atoms with Crippen LogP contribution in [-0.4, -0.2) is 30.0 Å². The van der Waals surface area contributed by atoms with E-state index in [1.165, 1.54) is 6.42 Å². The van der Waals surface area contributed by atoms with E-state index in [2.05, 4.69) is 11.6 Å². The van der Waals surface area contributed by atoms with Gasteiger partial charge in [-0.3, -0.25) is 4.79 Å². The van der Waals surface area contributed by atoms with Crippen LogP contribution in [0.15, 0.2) is 0 Å². The zero-order chi connectivity index (χ0) is 10.6. The second-order valence-corrected chi connectivity index (χ2v) is 5.15. The molecule has 82 valence electrons. The van der Waals surface area contributed by atoms with Crippen molar-refractivity contribution in [2.45, 2.75) is 37.5 Å². The minimum absolute atomic E-state index is 0.0525. The van der Waals surface area contributed by atoms with Gasteiger partial charge in [0.25, 0.3) is 0 Å². The first-order valence-electron chi connectivity index (χ1n) is 5.20. The zero-order valence-corrected chi connectivity index (χ0v) is 9.77. The maximum absolute atomic E-state index is 11.5. The van der Waals surface area contributed by atoms with E-state index in [1.54, 1.807) is 0 Å². The van der Waals surface area contributed by atoms with Crippen molar-refractivity contribution in [1.29, 1.82) is 0 Å². The van der Waals surface area contributed by atoms with Gasteiger partial charge in [-0.05, 0) is 25.5 Å². The fourth-order valence-electron chi connectivity index (χ4n) is 1.74. The molecule has 0 aromatic rings. The molecule has 1 aliphatic rings. The Morgan fingerprint density at radius 2 is 2.36 bits per heavy atom. The maximum Gasteiger partial charge on any atom is 0.224 e. The predicted octanol–water partition coefficient (Wildman–Crippen LogP) is 0.982. The Labute approximate surface area is 90.2 Å². The van der Waals surface area contributed by atoms with Crippen LogP contribution in [-0.2, 0) is 4.79 Å². The van der Waals surface area contributed by atoms with Crippen LogP contribution in [0.3, 0.4) is 0 Å². The van der Waals surface area contributed by atoms with Gasteiger partial charge in [0.2, 0.25) is 5.91 Å². The molecule has 1 amide bonds. The van der Waals surface area contributed by atoms with E-state index in [1.807, 2.05) is 18.7 Å². The highest BCUT2D eigenvalue weighted by Crippen LogP contribution is 2.28. The number of carbonyl (C=O) groups excluding carboxylic acids is 1. The lowest BCUT2D eigenvalue weighted by Gasteiger charge is -2.15. The van der Waals surface area contributed by atoms with Gasteiger partial charge in [-0.15, -0.1) is 0 Å². The van der Waals surface area contributed by atoms with Crippen molar-refractivity contribution in [2.75, 3.05) is 12.8 Å². The van der Waals surface area contributed by atoms with E-state index in [4.69, 9.17) is 5.73 Å². The van der Waals surface area contributed by atoms with Crippen molar-refractivity contribution in [1.82, 2.24) is 5.32 Å². The summed E-state index contributed by atoms with van der Waals surface area (Å²) in [4.78, 5) is 11.5. The molecule has 0 aliphatic heterocycles. The van der Waals surface area contributed by atoms with Crippen LogP contribution in [0.5, 0.6) is 0 Å². The quantitative estimate of drug-likeness (QED) is 0.736. The van der Waals surface area contributed by atoms with Crippen molar-refractivity contribution < 1.29 is 4.79 Å². The Bertz CT molecular complexity index is 199. The standard InChI is InChI=1S/C10H20N2OS/c1-7(6-11)10(13)12-8-3-4-9(5-8)14-2/h7-9H,3-6,11H2,1-2H3,(H,12,13). The minimum Gasteiger partial charge on any atom is -0.353 e. The first-order chi connectivity index (χ1) is 6.67.